The van der Waals surface area contributed by atoms with Crippen LogP contribution in [0.4, 0.5) is 0 Å². The van der Waals surface area contributed by atoms with Crippen LogP contribution in [0.15, 0.2) is 133 Å². The van der Waals surface area contributed by atoms with Crippen molar-refractivity contribution < 1.29 is 0 Å². The van der Waals surface area contributed by atoms with E-state index in [4.69, 9.17) is 24.9 Å². The minimum Gasteiger partial charge on any atom is -0.309 e. The molecule has 0 radical (unpaired) electrons. The Hall–Kier alpha value is -7.57. The number of nitrogens with zero attached hydrogens (tertiary/aromatic N) is 6. The summed E-state index contributed by atoms with van der Waals surface area (Å²) in [4.78, 5) is 28.5. The van der Waals surface area contributed by atoms with Gasteiger partial charge in [-0.05, 0) is 193 Å². The third-order valence-electron chi connectivity index (χ3n) is 17.9. The molecule has 6 nitrogen and oxygen atoms in total. The molecule has 0 bridgehead atoms. The lowest BCUT2D eigenvalue weighted by Crippen LogP contribution is -2.17. The number of aromatic nitrogens is 6. The van der Waals surface area contributed by atoms with Crippen LogP contribution in [-0.4, -0.2) is 29.5 Å². The van der Waals surface area contributed by atoms with Crippen molar-refractivity contribution in [3.63, 3.8) is 0 Å². The first kappa shape index (κ1) is 64.4. The fourth-order valence-corrected chi connectivity index (χ4v) is 11.7. The van der Waals surface area contributed by atoms with Crippen molar-refractivity contribution in [2.75, 3.05) is 0 Å². The molecule has 0 aliphatic heterocycles. The van der Waals surface area contributed by atoms with Gasteiger partial charge in [0.1, 0.15) is 0 Å². The summed E-state index contributed by atoms with van der Waals surface area (Å²) in [5, 5.41) is 2.39. The fraction of sp³-hybridized carbons (Fsp3) is 0.410. The number of benzene rings is 7. The van der Waals surface area contributed by atoms with E-state index in [1.165, 1.54) is 66.4 Å². The van der Waals surface area contributed by atoms with Crippen molar-refractivity contribution in [3.8, 4) is 73.8 Å². The SMILES string of the molecule is Cc1ccc2c(c1)c1cc(C)ccc1n2-c1ccc(-c2cc(-c3cc(C(C)(C)C)cc(C(C)(C)C)c3)nc(-c3cc(C(C)(C)C)cc(C(C)(C)C)c3)n2)cc1-c1nc(-c2cc(C(C)(C)C)cc(C(C)(C)C)c2)nc(-c2cc(C(C)(C)C)cc(C(C)(C)C)c2)n1. The minimum absolute atomic E-state index is 0.112. The molecule has 0 spiro atoms. The van der Waals surface area contributed by atoms with Gasteiger partial charge in [0.15, 0.2) is 23.3 Å². The summed E-state index contributed by atoms with van der Waals surface area (Å²) in [6, 6.07) is 50.8. The van der Waals surface area contributed by atoms with Crippen LogP contribution >= 0.6 is 0 Å². The second-order valence-electron chi connectivity index (χ2n) is 34.1. The highest BCUT2D eigenvalue weighted by Crippen LogP contribution is 2.44. The molecule has 3 aromatic heterocycles. The summed E-state index contributed by atoms with van der Waals surface area (Å²) in [6.07, 6.45) is 0. The highest BCUT2D eigenvalue weighted by atomic mass is 15.1. The van der Waals surface area contributed by atoms with Gasteiger partial charge in [0, 0.05) is 44.2 Å². The zero-order valence-electron chi connectivity index (χ0n) is 58.9. The Morgan fingerprint density at radius 3 is 0.843 bits per heavy atom. The van der Waals surface area contributed by atoms with Crippen LogP contribution in [0.2, 0.25) is 0 Å². The van der Waals surface area contributed by atoms with Gasteiger partial charge in [-0.3, -0.25) is 0 Å². The number of hydrogen-bond acceptors (Lipinski definition) is 5. The molecular weight excluding hydrogens is 1080 g/mol. The molecule has 6 heteroatoms. The van der Waals surface area contributed by atoms with Gasteiger partial charge >= 0.3 is 0 Å². The molecule has 0 saturated carbocycles. The predicted molar refractivity (Wildman–Crippen MR) is 381 cm³/mol. The Labute approximate surface area is 534 Å². The van der Waals surface area contributed by atoms with Gasteiger partial charge in [-0.25, -0.2) is 24.9 Å². The van der Waals surface area contributed by atoms with E-state index < -0.39 is 0 Å². The highest BCUT2D eigenvalue weighted by molar-refractivity contribution is 6.10. The third-order valence-corrected chi connectivity index (χ3v) is 17.9. The summed E-state index contributed by atoms with van der Waals surface area (Å²) < 4.78 is 2.43. The third kappa shape index (κ3) is 13.5. The zero-order valence-corrected chi connectivity index (χ0v) is 58.9. The topological polar surface area (TPSA) is 69.4 Å². The molecule has 0 atom stereocenters. The molecule has 462 valence electrons. The molecule has 89 heavy (non-hydrogen) atoms. The van der Waals surface area contributed by atoms with Crippen LogP contribution in [0.3, 0.4) is 0 Å². The van der Waals surface area contributed by atoms with E-state index in [0.29, 0.717) is 23.3 Å². The number of rotatable bonds is 7. The normalized spacial score (nSPS) is 13.3. The first-order valence-electron chi connectivity index (χ1n) is 32.4. The average molecular weight is 1180 g/mol. The van der Waals surface area contributed by atoms with E-state index in [0.717, 1.165) is 61.5 Å². The Kier molecular flexibility index (Phi) is 16.0. The molecule has 10 rings (SSSR count). The Bertz CT molecular complexity index is 4010. The summed E-state index contributed by atoms with van der Waals surface area (Å²) in [5.74, 6) is 2.50. The van der Waals surface area contributed by atoms with E-state index in [1.54, 1.807) is 0 Å². The maximum Gasteiger partial charge on any atom is 0.166 e. The first-order chi connectivity index (χ1) is 40.9. The largest absolute Gasteiger partial charge is 0.309 e. The van der Waals surface area contributed by atoms with Gasteiger partial charge in [-0.2, -0.15) is 0 Å². The molecule has 0 N–H and O–H groups in total. The van der Waals surface area contributed by atoms with Crippen molar-refractivity contribution in [3.05, 3.63) is 189 Å². The van der Waals surface area contributed by atoms with E-state index in [9.17, 15) is 0 Å². The Morgan fingerprint density at radius 2 is 0.528 bits per heavy atom. The average Bonchev–Trinajstić information content (AvgIpc) is 1.84. The van der Waals surface area contributed by atoms with Crippen molar-refractivity contribution in [1.82, 2.24) is 29.5 Å². The van der Waals surface area contributed by atoms with Gasteiger partial charge in [0.2, 0.25) is 0 Å². The molecule has 0 saturated heterocycles. The smallest absolute Gasteiger partial charge is 0.166 e. The summed E-state index contributed by atoms with van der Waals surface area (Å²) in [6.45, 7) is 59.5. The Balaban J connectivity index is 1.37. The minimum atomic E-state index is -0.147. The molecule has 0 amide bonds. The maximum absolute atomic E-state index is 5.77. The fourth-order valence-electron chi connectivity index (χ4n) is 11.7. The molecule has 0 aliphatic carbocycles. The Morgan fingerprint density at radius 1 is 0.247 bits per heavy atom. The molecule has 7 aromatic carbocycles. The highest BCUT2D eigenvalue weighted by Gasteiger charge is 2.30. The second-order valence-corrected chi connectivity index (χ2v) is 34.1. The van der Waals surface area contributed by atoms with Gasteiger partial charge < -0.3 is 4.57 Å². The van der Waals surface area contributed by atoms with Crippen LogP contribution in [-0.2, 0) is 43.3 Å². The van der Waals surface area contributed by atoms with Crippen LogP contribution in [0.25, 0.3) is 95.6 Å². The molecule has 0 fully saturated rings. The van der Waals surface area contributed by atoms with Crippen molar-refractivity contribution in [1.29, 1.82) is 0 Å². The van der Waals surface area contributed by atoms with Gasteiger partial charge in [0.25, 0.3) is 0 Å². The predicted octanol–water partition coefficient (Wildman–Crippen LogP) is 22.8. The maximum atomic E-state index is 5.77. The van der Waals surface area contributed by atoms with Crippen LogP contribution in [0.1, 0.15) is 222 Å². The van der Waals surface area contributed by atoms with Gasteiger partial charge in [-0.15, -0.1) is 0 Å². The van der Waals surface area contributed by atoms with Crippen molar-refractivity contribution in [2.24, 2.45) is 0 Å². The van der Waals surface area contributed by atoms with Crippen LogP contribution in [0.5, 0.6) is 0 Å². The molecule has 10 aromatic rings. The van der Waals surface area contributed by atoms with E-state index in [1.807, 2.05) is 0 Å². The van der Waals surface area contributed by atoms with Gasteiger partial charge in [0.05, 0.1) is 28.1 Å². The monoisotopic (exact) mass is 1180 g/mol. The van der Waals surface area contributed by atoms with E-state index >= 15 is 0 Å². The van der Waals surface area contributed by atoms with E-state index in [2.05, 4.69) is 318 Å². The van der Waals surface area contributed by atoms with Crippen molar-refractivity contribution >= 4 is 21.8 Å². The summed E-state index contributed by atoms with van der Waals surface area (Å²) in [7, 11) is 0. The van der Waals surface area contributed by atoms with E-state index in [-0.39, 0.29) is 43.3 Å². The zero-order chi connectivity index (χ0) is 65.3. The summed E-state index contributed by atoms with van der Waals surface area (Å²) in [5.41, 5.74) is 21.9. The molecule has 0 unspecified atom stereocenters. The van der Waals surface area contributed by atoms with Crippen LogP contribution in [0, 0.1) is 13.8 Å². The number of hydrogen-bond donors (Lipinski definition) is 0. The second kappa shape index (κ2) is 22.1. The first-order valence-corrected chi connectivity index (χ1v) is 32.4. The quantitative estimate of drug-likeness (QED) is 0.159. The summed E-state index contributed by atoms with van der Waals surface area (Å²) >= 11 is 0. The van der Waals surface area contributed by atoms with Gasteiger partial charge in [-0.1, -0.05) is 220 Å². The number of aryl methyl sites for hydroxylation is 2. The van der Waals surface area contributed by atoms with Crippen LogP contribution < -0.4 is 0 Å². The molecule has 0 aliphatic rings. The van der Waals surface area contributed by atoms with Crippen molar-refractivity contribution in [2.45, 2.75) is 223 Å². The number of fused-ring (bicyclic) bond motifs is 3. The molecular formula is C83H100N6. The molecule has 3 heterocycles. The lowest BCUT2D eigenvalue weighted by atomic mass is 9.79. The lowest BCUT2D eigenvalue weighted by Gasteiger charge is -2.27. The standard InChI is InChI=1S/C83H100N6/c1-49-27-30-69-64(33-49)65-34-50(2)28-31-70(65)89(69)71-32-29-51(67-48-68(52-35-56(76(3,4)5)44-57(36-52)77(6,7)8)85-72(84-67)53-37-58(78(9,10)11)45-59(38-53)79(12,13)14)43-66(71)75-87-73(54-39-60(80(15,16)17)46-61(40-54)81(18,19)20)86-74(88-75)55-41-62(82(21,22)23)47-63(42-55)83(24,25)26/h27-48H,1-26H3. The lowest BCUT2D eigenvalue weighted by molar-refractivity contribution is 0.568.